The van der Waals surface area contributed by atoms with Gasteiger partial charge in [0.1, 0.15) is 40.6 Å². The first-order valence-corrected chi connectivity index (χ1v) is 29.6. The molecule has 6 aromatic rings. The number of hydrogen-bond acceptors (Lipinski definition) is 14. The lowest BCUT2D eigenvalue weighted by Gasteiger charge is -2.62. The van der Waals surface area contributed by atoms with Crippen LogP contribution in [-0.4, -0.2) is 142 Å². The molecule has 1 saturated carbocycles. The zero-order chi connectivity index (χ0) is 59.1. The summed E-state index contributed by atoms with van der Waals surface area (Å²) in [6, 6.07) is 24.5. The topological polar surface area (TPSA) is 228 Å². The minimum Gasteiger partial charge on any atom is -0.495 e. The van der Waals surface area contributed by atoms with Crippen LogP contribution in [0.4, 0.5) is 21.5 Å². The lowest BCUT2D eigenvalue weighted by molar-refractivity contribution is -0.164. The molecule has 2 aromatic heterocycles. The first-order valence-electron chi connectivity index (χ1n) is 28.7. The molecule has 5 N–H and O–H groups in total. The van der Waals surface area contributed by atoms with Crippen LogP contribution in [0.25, 0.3) is 21.3 Å². The van der Waals surface area contributed by atoms with Crippen molar-refractivity contribution in [2.75, 3.05) is 68.5 Å². The molecule has 5 aliphatic rings. The summed E-state index contributed by atoms with van der Waals surface area (Å²) in [5.41, 5.74) is 5.45. The molecule has 4 aromatic carbocycles. The molecular formula is C63H71FN10O9S. The third-order valence-electron chi connectivity index (χ3n) is 17.1. The van der Waals surface area contributed by atoms with Crippen molar-refractivity contribution in [3.63, 3.8) is 0 Å². The van der Waals surface area contributed by atoms with Crippen LogP contribution in [0.15, 0.2) is 103 Å². The van der Waals surface area contributed by atoms with E-state index in [1.54, 1.807) is 55.0 Å². The Bertz CT molecular complexity index is 3460. The van der Waals surface area contributed by atoms with E-state index < -0.39 is 58.5 Å². The van der Waals surface area contributed by atoms with Crippen molar-refractivity contribution in [1.82, 2.24) is 35.3 Å². The molecule has 11 rings (SSSR count). The fourth-order valence-corrected chi connectivity index (χ4v) is 13.0. The van der Waals surface area contributed by atoms with Crippen LogP contribution in [0.3, 0.4) is 0 Å². The number of aromatic nitrogens is 2. The molecule has 6 amide bonds. The highest BCUT2D eigenvalue weighted by Crippen LogP contribution is 2.48. The standard InChI is InChI=1S/C63H71FN10O9S/c1-38-55(84-37-67-38)40-8-6-39(7-9-40)31-66-57(78)50-28-45(75)32-74(50)58(79)56(61(2,3)4)70-53(76)18-19-54(77)73-35-62(36-73)33-72(34-62)44-21-26-71(27-22-44)49-30-48-47(29-52(49)82-5)51(20-25-65-48)83-46-16-14-43(15-17-46)69-60(81)63(23-24-63)59(80)68-42-12-10-41(64)11-13-42/h6-17,20,25,29-30,37,44-45,50,56,75H,18-19,21-24,26-28,31-36H2,1-5H3,(H,66,78)(H,68,80)(H,69,81)(H,70,76)/t45-,50+,56-/m1/s1. The maximum Gasteiger partial charge on any atom is 0.246 e. The van der Waals surface area contributed by atoms with E-state index in [9.17, 15) is 38.3 Å². The molecule has 21 heteroatoms. The molecule has 0 bridgehead atoms. The highest BCUT2D eigenvalue weighted by atomic mass is 32.1. The van der Waals surface area contributed by atoms with E-state index in [4.69, 9.17) is 14.5 Å². The third kappa shape index (κ3) is 12.3. The third-order valence-corrected chi connectivity index (χ3v) is 18.1. The van der Waals surface area contributed by atoms with E-state index in [0.29, 0.717) is 60.6 Å². The number of benzene rings is 4. The van der Waals surface area contributed by atoms with Crippen molar-refractivity contribution in [1.29, 1.82) is 0 Å². The smallest absolute Gasteiger partial charge is 0.246 e. The number of hydrogen-bond donors (Lipinski definition) is 5. The minimum atomic E-state index is -1.19. The summed E-state index contributed by atoms with van der Waals surface area (Å²) in [7, 11) is 1.65. The largest absolute Gasteiger partial charge is 0.495 e. The summed E-state index contributed by atoms with van der Waals surface area (Å²) < 4.78 is 25.7. The molecule has 6 heterocycles. The molecule has 4 aliphatic heterocycles. The fourth-order valence-electron chi connectivity index (χ4n) is 12.2. The van der Waals surface area contributed by atoms with Crippen LogP contribution in [0.5, 0.6) is 17.2 Å². The van der Waals surface area contributed by atoms with Gasteiger partial charge in [-0.15, -0.1) is 11.3 Å². The Balaban J connectivity index is 0.614. The monoisotopic (exact) mass is 1160 g/mol. The Hall–Kier alpha value is -8.01. The van der Waals surface area contributed by atoms with E-state index in [2.05, 4.69) is 36.1 Å². The van der Waals surface area contributed by atoms with Crippen molar-refractivity contribution < 1.29 is 47.7 Å². The number of likely N-dealkylation sites (tertiary alicyclic amines) is 3. The number of aliphatic hydroxyl groups is 1. The zero-order valence-electron chi connectivity index (χ0n) is 47.9. The first kappa shape index (κ1) is 57.8. The summed E-state index contributed by atoms with van der Waals surface area (Å²) in [4.78, 5) is 99.2. The number of piperidine rings is 1. The van der Waals surface area contributed by atoms with Crippen molar-refractivity contribution in [2.24, 2.45) is 16.2 Å². The van der Waals surface area contributed by atoms with Gasteiger partial charge in [0.15, 0.2) is 0 Å². The fraction of sp³-hybridized carbons (Fsp3) is 0.429. The highest BCUT2D eigenvalue weighted by Gasteiger charge is 2.57. The van der Waals surface area contributed by atoms with E-state index >= 15 is 0 Å². The normalized spacial score (nSPS) is 19.4. The predicted octanol–water partition coefficient (Wildman–Crippen LogP) is 7.67. The van der Waals surface area contributed by atoms with Gasteiger partial charge in [-0.05, 0) is 116 Å². The Morgan fingerprint density at radius 1 is 0.833 bits per heavy atom. The number of thiazole rings is 1. The number of amides is 6. The van der Waals surface area contributed by atoms with Gasteiger partial charge in [0, 0.05) is 106 Å². The van der Waals surface area contributed by atoms with Crippen molar-refractivity contribution in [3.8, 4) is 27.7 Å². The second kappa shape index (κ2) is 23.6. The summed E-state index contributed by atoms with van der Waals surface area (Å²) in [5.74, 6) is -0.792. The Morgan fingerprint density at radius 2 is 1.50 bits per heavy atom. The van der Waals surface area contributed by atoms with Crippen molar-refractivity contribution in [3.05, 3.63) is 120 Å². The Morgan fingerprint density at radius 3 is 2.12 bits per heavy atom. The number of fused-ring (bicyclic) bond motifs is 1. The number of rotatable bonds is 18. The number of carbonyl (C=O) groups excluding carboxylic acids is 6. The van der Waals surface area contributed by atoms with Gasteiger partial charge in [0.25, 0.3) is 0 Å². The second-order valence-electron chi connectivity index (χ2n) is 24.3. The Labute approximate surface area is 491 Å². The molecule has 4 saturated heterocycles. The summed E-state index contributed by atoms with van der Waals surface area (Å²) in [6.45, 7) is 12.4. The van der Waals surface area contributed by atoms with Gasteiger partial charge in [-0.1, -0.05) is 45.0 Å². The van der Waals surface area contributed by atoms with E-state index in [0.717, 1.165) is 77.3 Å². The average Bonchev–Trinajstić information content (AvgIpc) is 1.15. The molecule has 0 radical (unpaired) electrons. The second-order valence-corrected chi connectivity index (χ2v) is 25.1. The Kier molecular flexibility index (Phi) is 16.2. The van der Waals surface area contributed by atoms with Crippen LogP contribution in [-0.2, 0) is 35.3 Å². The molecule has 19 nitrogen and oxygen atoms in total. The highest BCUT2D eigenvalue weighted by molar-refractivity contribution is 7.13. The van der Waals surface area contributed by atoms with E-state index in [-0.39, 0.29) is 49.6 Å². The van der Waals surface area contributed by atoms with Gasteiger partial charge in [0.2, 0.25) is 35.4 Å². The maximum atomic E-state index is 14.2. The zero-order valence-corrected chi connectivity index (χ0v) is 48.7. The number of β-amino-alcohol motifs (C(OH)–C–C–N with tert-alkyl or cyclic N) is 1. The minimum absolute atomic E-state index is 0.0139. The molecule has 5 fully saturated rings. The van der Waals surface area contributed by atoms with Crippen LogP contribution in [0, 0.1) is 29.0 Å². The molecule has 84 heavy (non-hydrogen) atoms. The van der Waals surface area contributed by atoms with Gasteiger partial charge in [-0.25, -0.2) is 9.37 Å². The predicted molar refractivity (Wildman–Crippen MR) is 317 cm³/mol. The van der Waals surface area contributed by atoms with Gasteiger partial charge >= 0.3 is 0 Å². The number of aryl methyl sites for hydroxylation is 1. The number of anilines is 3. The first-order chi connectivity index (χ1) is 40.3. The number of nitrogens with zero attached hydrogens (tertiary/aromatic N) is 6. The van der Waals surface area contributed by atoms with Gasteiger partial charge < -0.3 is 50.5 Å². The number of nitrogens with one attached hydrogen (secondary N) is 4. The average molecular weight is 1160 g/mol. The molecule has 3 atom stereocenters. The number of carbonyl (C=O) groups is 6. The molecule has 440 valence electrons. The number of pyridine rings is 1. The summed E-state index contributed by atoms with van der Waals surface area (Å²) in [6.07, 6.45) is 3.56. The van der Waals surface area contributed by atoms with Gasteiger partial charge in [-0.3, -0.25) is 38.7 Å². The van der Waals surface area contributed by atoms with Crippen LogP contribution in [0.2, 0.25) is 0 Å². The summed E-state index contributed by atoms with van der Waals surface area (Å²) in [5, 5.41) is 22.9. The number of ether oxygens (including phenoxy) is 2. The number of methoxy groups -OCH3 is 1. The number of halogens is 1. The molecule has 1 aliphatic carbocycles. The van der Waals surface area contributed by atoms with Crippen LogP contribution >= 0.6 is 11.3 Å². The van der Waals surface area contributed by atoms with E-state index in [1.165, 1.54) is 29.2 Å². The van der Waals surface area contributed by atoms with E-state index in [1.807, 2.05) is 74.5 Å². The maximum absolute atomic E-state index is 14.2. The van der Waals surface area contributed by atoms with Crippen molar-refractivity contribution in [2.45, 2.75) is 103 Å². The molecule has 1 spiro atoms. The summed E-state index contributed by atoms with van der Waals surface area (Å²) >= 11 is 1.57. The van der Waals surface area contributed by atoms with Gasteiger partial charge in [0.05, 0.1) is 40.5 Å². The van der Waals surface area contributed by atoms with Crippen molar-refractivity contribution >= 4 is 74.7 Å². The SMILES string of the molecule is COc1cc2c(Oc3ccc(NC(=O)C4(C(=O)Nc5ccc(F)cc5)CC4)cc3)ccnc2cc1N1CCC(N2CC3(CN(C(=O)CCC(=O)N[C@H](C(=O)N4C[C@H](O)C[C@H]4C(=O)NCc4ccc(-c5scnc5C)cc4)C(C)(C)C)C3)C2)CC1. The van der Waals surface area contributed by atoms with Gasteiger partial charge in [-0.2, -0.15) is 0 Å². The lowest BCUT2D eigenvalue weighted by Crippen LogP contribution is -2.74. The lowest BCUT2D eigenvalue weighted by atomic mass is 9.71. The van der Waals surface area contributed by atoms with Crippen LogP contribution < -0.4 is 35.6 Å². The van der Waals surface area contributed by atoms with Crippen LogP contribution in [0.1, 0.15) is 77.0 Å². The molecular weight excluding hydrogens is 1090 g/mol. The number of aliphatic hydroxyl groups excluding tert-OH is 1. The molecule has 0 unspecified atom stereocenters. The quantitative estimate of drug-likeness (QED) is 0.0522.